The molecule has 37 heavy (non-hydrogen) atoms. The van der Waals surface area contributed by atoms with Crippen LogP contribution in [0.1, 0.15) is 30.1 Å². The molecule has 0 saturated heterocycles. The van der Waals surface area contributed by atoms with Crippen LogP contribution in [0.3, 0.4) is 0 Å². The minimum absolute atomic E-state index is 0.0243. The molecule has 0 aliphatic rings. The molecule has 7 nitrogen and oxygen atoms in total. The quantitative estimate of drug-likeness (QED) is 0.324. The van der Waals surface area contributed by atoms with E-state index in [-0.39, 0.29) is 11.5 Å². The molecule has 4 aromatic heterocycles. The summed E-state index contributed by atoms with van der Waals surface area (Å²) in [6.07, 6.45) is 7.48. The molecule has 0 radical (unpaired) electrons. The Labute approximate surface area is 213 Å². The van der Waals surface area contributed by atoms with E-state index in [0.29, 0.717) is 17.6 Å². The van der Waals surface area contributed by atoms with E-state index < -0.39 is 0 Å². The highest BCUT2D eigenvalue weighted by Gasteiger charge is 2.20. The van der Waals surface area contributed by atoms with Gasteiger partial charge in [0, 0.05) is 47.9 Å². The molecule has 2 aromatic carbocycles. The summed E-state index contributed by atoms with van der Waals surface area (Å²) < 4.78 is 1.82. The lowest BCUT2D eigenvalue weighted by Crippen LogP contribution is -2.24. The zero-order chi connectivity index (χ0) is 25.4. The summed E-state index contributed by atoms with van der Waals surface area (Å²) in [5, 5.41) is 1.52. The van der Waals surface area contributed by atoms with Crippen LogP contribution < -0.4 is 5.56 Å². The Bertz CT molecular complexity index is 1790. The van der Waals surface area contributed by atoms with Gasteiger partial charge in [0.15, 0.2) is 0 Å². The average Bonchev–Trinajstić information content (AvgIpc) is 2.94. The molecule has 4 heterocycles. The number of fused-ring (bicyclic) bond motifs is 2. The van der Waals surface area contributed by atoms with Crippen LogP contribution in [0.2, 0.25) is 0 Å². The lowest BCUT2D eigenvalue weighted by Gasteiger charge is -2.21. The van der Waals surface area contributed by atoms with Crippen molar-refractivity contribution in [3.63, 3.8) is 0 Å². The van der Waals surface area contributed by atoms with Gasteiger partial charge in [-0.25, -0.2) is 19.9 Å². The molecule has 6 rings (SSSR count). The molecular weight excluding hydrogens is 460 g/mol. The Kier molecular flexibility index (Phi) is 5.73. The lowest BCUT2D eigenvalue weighted by molar-refractivity contribution is 0.686. The fraction of sp³-hybridized carbons (Fsp3) is 0.133. The van der Waals surface area contributed by atoms with E-state index in [1.54, 1.807) is 24.9 Å². The van der Waals surface area contributed by atoms with Crippen LogP contribution in [-0.2, 0) is 6.42 Å². The third kappa shape index (κ3) is 4.14. The topological polar surface area (TPSA) is 86.5 Å². The summed E-state index contributed by atoms with van der Waals surface area (Å²) in [6, 6.07) is 21.6. The first-order valence-corrected chi connectivity index (χ1v) is 12.2. The Balaban J connectivity index is 1.56. The largest absolute Gasteiger partial charge is 0.280 e. The molecule has 1 atom stereocenters. The predicted octanol–water partition coefficient (Wildman–Crippen LogP) is 5.44. The van der Waals surface area contributed by atoms with Gasteiger partial charge in [-0.2, -0.15) is 0 Å². The Morgan fingerprint density at radius 2 is 1.68 bits per heavy atom. The van der Waals surface area contributed by atoms with Crippen LogP contribution in [0, 0.1) is 6.92 Å². The number of aromatic nitrogens is 6. The van der Waals surface area contributed by atoms with Gasteiger partial charge < -0.3 is 0 Å². The number of rotatable bonds is 5. The van der Waals surface area contributed by atoms with E-state index in [1.165, 1.54) is 0 Å². The monoisotopic (exact) mass is 484 g/mol. The van der Waals surface area contributed by atoms with Gasteiger partial charge in [0.25, 0.3) is 5.56 Å². The van der Waals surface area contributed by atoms with E-state index in [0.717, 1.165) is 44.6 Å². The highest BCUT2D eigenvalue weighted by molar-refractivity contribution is 5.96. The average molecular weight is 485 g/mol. The van der Waals surface area contributed by atoms with Crippen LogP contribution in [0.15, 0.2) is 96.4 Å². The van der Waals surface area contributed by atoms with Crippen LogP contribution in [0.25, 0.3) is 38.6 Å². The van der Waals surface area contributed by atoms with E-state index in [4.69, 9.17) is 0 Å². The normalized spacial score (nSPS) is 12.2. The minimum Gasteiger partial charge on any atom is -0.280 e. The maximum Gasteiger partial charge on any atom is 0.263 e. The number of para-hydroxylation sites is 1. The summed E-state index contributed by atoms with van der Waals surface area (Å²) in [5.74, 6) is 0.664. The Morgan fingerprint density at radius 1 is 0.865 bits per heavy atom. The maximum atomic E-state index is 14.3. The molecule has 0 saturated carbocycles. The SMILES string of the molecule is Cc1ncc(-c2cccc3cc([C@H](C)Cc4ncnc5cccnc45)n(-c4ccccc4)c(=O)c23)cn1. The van der Waals surface area contributed by atoms with Crippen molar-refractivity contribution in [1.82, 2.24) is 29.5 Å². The number of benzene rings is 2. The van der Waals surface area contributed by atoms with E-state index in [1.807, 2.05) is 72.2 Å². The number of hydrogen-bond acceptors (Lipinski definition) is 6. The predicted molar refractivity (Wildman–Crippen MR) is 145 cm³/mol. The zero-order valence-electron chi connectivity index (χ0n) is 20.5. The molecule has 0 aliphatic carbocycles. The fourth-order valence-corrected chi connectivity index (χ4v) is 4.85. The second-order valence-corrected chi connectivity index (χ2v) is 9.13. The van der Waals surface area contributed by atoms with Crippen LogP contribution in [0.5, 0.6) is 0 Å². The van der Waals surface area contributed by atoms with Crippen molar-refractivity contribution in [3.8, 4) is 16.8 Å². The molecule has 0 bridgehead atoms. The van der Waals surface area contributed by atoms with Crippen molar-refractivity contribution in [2.75, 3.05) is 0 Å². The molecule has 0 amide bonds. The summed E-state index contributed by atoms with van der Waals surface area (Å²) in [6.45, 7) is 3.97. The van der Waals surface area contributed by atoms with Gasteiger partial charge in [-0.15, -0.1) is 0 Å². The molecular formula is C30H24N6O. The second kappa shape index (κ2) is 9.35. The molecule has 0 unspecified atom stereocenters. The zero-order valence-corrected chi connectivity index (χ0v) is 20.5. The van der Waals surface area contributed by atoms with E-state index in [9.17, 15) is 4.79 Å². The van der Waals surface area contributed by atoms with Gasteiger partial charge >= 0.3 is 0 Å². The van der Waals surface area contributed by atoms with Gasteiger partial charge in [-0.05, 0) is 48.2 Å². The Morgan fingerprint density at radius 3 is 2.49 bits per heavy atom. The van der Waals surface area contributed by atoms with Gasteiger partial charge in [0.05, 0.1) is 16.6 Å². The summed E-state index contributed by atoms with van der Waals surface area (Å²) in [7, 11) is 0. The summed E-state index contributed by atoms with van der Waals surface area (Å²) >= 11 is 0. The first-order valence-electron chi connectivity index (χ1n) is 12.2. The fourth-order valence-electron chi connectivity index (χ4n) is 4.85. The summed E-state index contributed by atoms with van der Waals surface area (Å²) in [5.41, 5.74) is 5.73. The van der Waals surface area contributed by atoms with Gasteiger partial charge in [-0.3, -0.25) is 14.3 Å². The molecule has 0 fully saturated rings. The van der Waals surface area contributed by atoms with Crippen molar-refractivity contribution < 1.29 is 0 Å². The minimum atomic E-state index is -0.0765. The lowest BCUT2D eigenvalue weighted by atomic mass is 9.95. The molecule has 6 aromatic rings. The first kappa shape index (κ1) is 22.7. The van der Waals surface area contributed by atoms with Gasteiger partial charge in [-0.1, -0.05) is 43.3 Å². The molecule has 180 valence electrons. The highest BCUT2D eigenvalue weighted by Crippen LogP contribution is 2.30. The third-order valence-electron chi connectivity index (χ3n) is 6.66. The number of pyridine rings is 2. The van der Waals surface area contributed by atoms with Crippen molar-refractivity contribution in [2.45, 2.75) is 26.2 Å². The van der Waals surface area contributed by atoms with E-state index in [2.05, 4.69) is 37.9 Å². The highest BCUT2D eigenvalue weighted by atomic mass is 16.1. The second-order valence-electron chi connectivity index (χ2n) is 9.13. The molecule has 0 N–H and O–H groups in total. The standard InChI is InChI=1S/C30H24N6O/c1-19(14-26-29-25(34-18-35-26)12-7-13-31-29)27-15-21-8-6-11-24(22-16-32-20(2)33-17-22)28(21)30(37)36(27)23-9-4-3-5-10-23/h3-13,15-19H,14H2,1-2H3/t19-/m1/s1. The molecule has 0 aliphatic heterocycles. The smallest absolute Gasteiger partial charge is 0.263 e. The van der Waals surface area contributed by atoms with Crippen molar-refractivity contribution in [2.24, 2.45) is 0 Å². The van der Waals surface area contributed by atoms with E-state index >= 15 is 0 Å². The Hall–Kier alpha value is -4.78. The number of aryl methyl sites for hydroxylation is 1. The number of hydrogen-bond donors (Lipinski definition) is 0. The third-order valence-corrected chi connectivity index (χ3v) is 6.66. The maximum absolute atomic E-state index is 14.3. The first-order chi connectivity index (χ1) is 18.1. The van der Waals surface area contributed by atoms with Gasteiger partial charge in [0.2, 0.25) is 0 Å². The van der Waals surface area contributed by atoms with Crippen molar-refractivity contribution >= 4 is 21.8 Å². The number of nitrogens with zero attached hydrogens (tertiary/aromatic N) is 6. The van der Waals surface area contributed by atoms with Crippen LogP contribution >= 0.6 is 0 Å². The van der Waals surface area contributed by atoms with Gasteiger partial charge in [0.1, 0.15) is 17.7 Å². The molecule has 0 spiro atoms. The summed E-state index contributed by atoms with van der Waals surface area (Å²) in [4.78, 5) is 36.4. The van der Waals surface area contributed by atoms with Crippen LogP contribution in [-0.4, -0.2) is 29.5 Å². The van der Waals surface area contributed by atoms with Crippen molar-refractivity contribution in [1.29, 1.82) is 0 Å². The molecule has 7 heteroatoms. The van der Waals surface area contributed by atoms with Crippen molar-refractivity contribution in [3.05, 3.63) is 119 Å². The van der Waals surface area contributed by atoms with Crippen LogP contribution in [0.4, 0.5) is 0 Å².